The Balaban J connectivity index is 2.39. The summed E-state index contributed by atoms with van der Waals surface area (Å²) < 4.78 is 4.71. The fourth-order valence-corrected chi connectivity index (χ4v) is 1.20. The maximum Gasteiger partial charge on any atom is 0.329 e. The first-order chi connectivity index (χ1) is 8.50. The lowest BCUT2D eigenvalue weighted by Gasteiger charge is -2.07. The molecular weight excluding hydrogens is 242 g/mol. The Labute approximate surface area is 103 Å². The number of hydrogen-bond acceptors (Lipinski definition) is 5. The van der Waals surface area contributed by atoms with E-state index in [1.54, 1.807) is 0 Å². The Bertz CT molecular complexity index is 445. The molecule has 7 nitrogen and oxygen atoms in total. The maximum absolute atomic E-state index is 11.5. The molecule has 0 saturated heterocycles. The maximum atomic E-state index is 11.5. The minimum atomic E-state index is -1.09. The predicted octanol–water partition coefficient (Wildman–Crippen LogP) is -0.0712. The monoisotopic (exact) mass is 255 g/mol. The Morgan fingerprint density at radius 2 is 2.00 bits per heavy atom. The Morgan fingerprint density at radius 3 is 2.61 bits per heavy atom. The lowest BCUT2D eigenvalue weighted by molar-refractivity contribution is -0.142. The number of phenolic OH excluding ortho intramolecular Hbond substituents is 2. The highest BCUT2D eigenvalue weighted by Crippen LogP contribution is 2.22. The van der Waals surface area contributed by atoms with Crippen LogP contribution in [-0.4, -0.2) is 47.0 Å². The molecule has 0 atom stereocenters. The minimum absolute atomic E-state index is 0.0195. The molecule has 4 N–H and O–H groups in total. The molecule has 0 unspecified atom stereocenters. The summed E-state index contributed by atoms with van der Waals surface area (Å²) >= 11 is 0. The lowest BCUT2D eigenvalue weighted by Crippen LogP contribution is -2.27. The van der Waals surface area contributed by atoms with Gasteiger partial charge in [-0.25, -0.2) is 4.79 Å². The molecule has 18 heavy (non-hydrogen) atoms. The van der Waals surface area contributed by atoms with Crippen molar-refractivity contribution in [3.05, 3.63) is 23.8 Å². The van der Waals surface area contributed by atoms with Gasteiger partial charge in [0, 0.05) is 12.6 Å². The van der Waals surface area contributed by atoms with E-state index in [1.807, 2.05) is 0 Å². The van der Waals surface area contributed by atoms with Crippen LogP contribution in [0.1, 0.15) is 10.4 Å². The van der Waals surface area contributed by atoms with Gasteiger partial charge in [0.05, 0.1) is 12.2 Å². The summed E-state index contributed by atoms with van der Waals surface area (Å²) in [6, 6.07) is 3.60. The number of hydrogen-bond donors (Lipinski definition) is 4. The number of nitrogens with one attached hydrogen (secondary N) is 1. The van der Waals surface area contributed by atoms with Gasteiger partial charge in [0.1, 0.15) is 18.1 Å². The Morgan fingerprint density at radius 1 is 1.28 bits per heavy atom. The number of rotatable bonds is 6. The van der Waals surface area contributed by atoms with Gasteiger partial charge in [0.15, 0.2) is 0 Å². The van der Waals surface area contributed by atoms with E-state index in [9.17, 15) is 14.7 Å². The van der Waals surface area contributed by atoms with Crippen LogP contribution >= 0.6 is 0 Å². The highest BCUT2D eigenvalue weighted by molar-refractivity contribution is 5.96. The van der Waals surface area contributed by atoms with Crippen LogP contribution in [0.5, 0.6) is 11.5 Å². The van der Waals surface area contributed by atoms with Gasteiger partial charge in [-0.1, -0.05) is 0 Å². The van der Waals surface area contributed by atoms with Crippen LogP contribution in [0.2, 0.25) is 0 Å². The minimum Gasteiger partial charge on any atom is -0.508 e. The largest absolute Gasteiger partial charge is 0.508 e. The van der Waals surface area contributed by atoms with Crippen molar-refractivity contribution in [1.29, 1.82) is 0 Å². The molecule has 0 radical (unpaired) electrons. The quantitative estimate of drug-likeness (QED) is 0.529. The standard InChI is InChI=1S/C11H13NO6/c13-7-1-2-8(9(14)5-7)11(17)12-3-4-18-6-10(15)16/h1-2,5,13-14H,3-4,6H2,(H,12,17)(H,15,16). The molecule has 1 rings (SSSR count). The van der Waals surface area contributed by atoms with Crippen molar-refractivity contribution in [2.24, 2.45) is 0 Å². The van der Waals surface area contributed by atoms with E-state index in [2.05, 4.69) is 5.32 Å². The number of carbonyl (C=O) groups is 2. The summed E-state index contributed by atoms with van der Waals surface area (Å²) in [5, 5.41) is 29.2. The molecule has 0 aliphatic carbocycles. The molecule has 98 valence electrons. The number of phenols is 2. The van der Waals surface area contributed by atoms with Crippen molar-refractivity contribution >= 4 is 11.9 Å². The number of carbonyl (C=O) groups excluding carboxylic acids is 1. The molecule has 0 heterocycles. The molecule has 0 saturated carbocycles. The lowest BCUT2D eigenvalue weighted by atomic mass is 10.2. The van der Waals surface area contributed by atoms with E-state index in [0.29, 0.717) is 0 Å². The smallest absolute Gasteiger partial charge is 0.329 e. The van der Waals surface area contributed by atoms with Crippen molar-refractivity contribution in [3.63, 3.8) is 0 Å². The molecular formula is C11H13NO6. The summed E-state index contributed by atoms with van der Waals surface area (Å²) in [4.78, 5) is 21.7. The molecule has 0 aliphatic heterocycles. The van der Waals surface area contributed by atoms with Crippen LogP contribution < -0.4 is 5.32 Å². The second kappa shape index (κ2) is 6.45. The van der Waals surface area contributed by atoms with Crippen molar-refractivity contribution in [2.75, 3.05) is 19.8 Å². The van der Waals surface area contributed by atoms with E-state index in [4.69, 9.17) is 14.9 Å². The van der Waals surface area contributed by atoms with Gasteiger partial charge in [-0.15, -0.1) is 0 Å². The van der Waals surface area contributed by atoms with E-state index >= 15 is 0 Å². The number of benzene rings is 1. The predicted molar refractivity (Wildman–Crippen MR) is 60.6 cm³/mol. The van der Waals surface area contributed by atoms with E-state index in [1.165, 1.54) is 12.1 Å². The summed E-state index contributed by atoms with van der Waals surface area (Å²) in [5.41, 5.74) is 0.0195. The Hall–Kier alpha value is -2.28. The first kappa shape index (κ1) is 13.8. The molecule has 1 aromatic rings. The molecule has 1 amide bonds. The fourth-order valence-electron chi connectivity index (χ4n) is 1.20. The van der Waals surface area contributed by atoms with E-state index in [0.717, 1.165) is 6.07 Å². The van der Waals surface area contributed by atoms with Gasteiger partial charge in [-0.2, -0.15) is 0 Å². The number of carboxylic acids is 1. The van der Waals surface area contributed by atoms with E-state index < -0.39 is 18.5 Å². The topological polar surface area (TPSA) is 116 Å². The number of aliphatic carboxylic acids is 1. The van der Waals surface area contributed by atoms with Gasteiger partial charge < -0.3 is 25.4 Å². The molecule has 7 heteroatoms. The zero-order chi connectivity index (χ0) is 13.5. The zero-order valence-corrected chi connectivity index (χ0v) is 9.42. The van der Waals surface area contributed by atoms with E-state index in [-0.39, 0.29) is 30.2 Å². The van der Waals surface area contributed by atoms with Crippen molar-refractivity contribution in [1.82, 2.24) is 5.32 Å². The van der Waals surface area contributed by atoms with Gasteiger partial charge >= 0.3 is 5.97 Å². The van der Waals surface area contributed by atoms with Crippen LogP contribution in [0.25, 0.3) is 0 Å². The molecule has 0 fully saturated rings. The zero-order valence-electron chi connectivity index (χ0n) is 9.42. The van der Waals surface area contributed by atoms with Gasteiger partial charge in [0.25, 0.3) is 5.91 Å². The number of amides is 1. The van der Waals surface area contributed by atoms with Crippen molar-refractivity contribution < 1.29 is 29.6 Å². The highest BCUT2D eigenvalue weighted by atomic mass is 16.5. The van der Waals surface area contributed by atoms with Crippen LogP contribution in [0.15, 0.2) is 18.2 Å². The molecule has 1 aromatic carbocycles. The highest BCUT2D eigenvalue weighted by Gasteiger charge is 2.10. The van der Waals surface area contributed by atoms with Gasteiger partial charge in [-0.3, -0.25) is 4.79 Å². The van der Waals surface area contributed by atoms with Crippen LogP contribution in [0.3, 0.4) is 0 Å². The van der Waals surface area contributed by atoms with Gasteiger partial charge in [-0.05, 0) is 12.1 Å². The number of ether oxygens (including phenoxy) is 1. The second-order valence-corrected chi connectivity index (χ2v) is 3.40. The third-order valence-corrected chi connectivity index (χ3v) is 1.98. The normalized spacial score (nSPS) is 10.0. The average molecular weight is 255 g/mol. The van der Waals surface area contributed by atoms with Gasteiger partial charge in [0.2, 0.25) is 0 Å². The summed E-state index contributed by atoms with van der Waals surface area (Å²) in [5.74, 6) is -2.10. The third kappa shape index (κ3) is 4.30. The van der Waals surface area contributed by atoms with Crippen LogP contribution in [-0.2, 0) is 9.53 Å². The fraction of sp³-hybridized carbons (Fsp3) is 0.273. The Kier molecular flexibility index (Phi) is 4.94. The molecule has 0 aliphatic rings. The number of aromatic hydroxyl groups is 2. The number of carboxylic acid groups (broad SMARTS) is 1. The molecule has 0 bridgehead atoms. The third-order valence-electron chi connectivity index (χ3n) is 1.98. The van der Waals surface area contributed by atoms with Crippen LogP contribution in [0, 0.1) is 0 Å². The van der Waals surface area contributed by atoms with Crippen LogP contribution in [0.4, 0.5) is 0 Å². The average Bonchev–Trinajstić information content (AvgIpc) is 2.27. The summed E-state index contributed by atoms with van der Waals surface area (Å²) in [6.45, 7) is -0.260. The SMILES string of the molecule is O=C(O)COCCNC(=O)c1ccc(O)cc1O. The van der Waals surface area contributed by atoms with Crippen molar-refractivity contribution in [3.8, 4) is 11.5 Å². The summed E-state index contributed by atoms with van der Waals surface area (Å²) in [7, 11) is 0. The molecule has 0 aromatic heterocycles. The first-order valence-electron chi connectivity index (χ1n) is 5.10. The van der Waals surface area contributed by atoms with Crippen molar-refractivity contribution in [2.45, 2.75) is 0 Å². The summed E-state index contributed by atoms with van der Waals surface area (Å²) in [6.07, 6.45) is 0. The molecule has 0 spiro atoms. The first-order valence-corrected chi connectivity index (χ1v) is 5.10. The second-order valence-electron chi connectivity index (χ2n) is 3.40.